The Kier molecular flexibility index (Phi) is 5.69. The second kappa shape index (κ2) is 8.29. The third-order valence-corrected chi connectivity index (χ3v) is 5.73. The van der Waals surface area contributed by atoms with Gasteiger partial charge in [-0.2, -0.15) is 13.2 Å². The van der Waals surface area contributed by atoms with Crippen molar-refractivity contribution in [3.05, 3.63) is 64.6 Å². The van der Waals surface area contributed by atoms with E-state index in [1.807, 2.05) is 13.0 Å². The molecule has 0 bridgehead atoms. The van der Waals surface area contributed by atoms with Crippen LogP contribution in [0.3, 0.4) is 0 Å². The van der Waals surface area contributed by atoms with Gasteiger partial charge in [-0.25, -0.2) is 4.98 Å². The smallest absolute Gasteiger partial charge is 0.397 e. The molecule has 0 radical (unpaired) electrons. The van der Waals surface area contributed by atoms with Gasteiger partial charge in [0.25, 0.3) is 0 Å². The summed E-state index contributed by atoms with van der Waals surface area (Å²) in [6.45, 7) is 1.88. The largest absolute Gasteiger partial charge is 0.418 e. The standard InChI is InChI=1S/C24H24F3N3O/c1-2-14-12-21(22(31)5-3-4-18-9-8-17(28)13-29-18)30-23-19(14)10-16(15-6-7-15)11-20(23)24(25,26)27/h8-13,15H,2-7,28H2,1H3. The van der Waals surface area contributed by atoms with Gasteiger partial charge in [-0.15, -0.1) is 0 Å². The number of anilines is 1. The quantitative estimate of drug-likeness (QED) is 0.478. The molecule has 0 amide bonds. The van der Waals surface area contributed by atoms with Crippen molar-refractivity contribution in [3.63, 3.8) is 0 Å². The summed E-state index contributed by atoms with van der Waals surface area (Å²) in [5.41, 5.74) is 7.66. The predicted molar refractivity (Wildman–Crippen MR) is 114 cm³/mol. The molecular weight excluding hydrogens is 403 g/mol. The molecule has 2 aromatic heterocycles. The summed E-state index contributed by atoms with van der Waals surface area (Å²) in [6, 6.07) is 8.25. The maximum Gasteiger partial charge on any atom is 0.418 e. The number of pyridine rings is 2. The highest BCUT2D eigenvalue weighted by Gasteiger charge is 2.36. The Labute approximate surface area is 178 Å². The van der Waals surface area contributed by atoms with Crippen LogP contribution >= 0.6 is 0 Å². The van der Waals surface area contributed by atoms with Crippen LogP contribution in [-0.2, 0) is 19.0 Å². The highest BCUT2D eigenvalue weighted by molar-refractivity contribution is 5.98. The number of aryl methyl sites for hydroxylation is 2. The van der Waals surface area contributed by atoms with E-state index in [2.05, 4.69) is 9.97 Å². The van der Waals surface area contributed by atoms with Crippen LogP contribution in [0.4, 0.5) is 18.9 Å². The molecule has 0 spiro atoms. The van der Waals surface area contributed by atoms with Crippen LogP contribution in [0.2, 0.25) is 0 Å². The molecule has 1 aromatic carbocycles. The number of halogens is 3. The molecule has 2 N–H and O–H groups in total. The molecular formula is C24H24F3N3O. The van der Waals surface area contributed by atoms with E-state index in [0.717, 1.165) is 24.1 Å². The number of carbonyl (C=O) groups excluding carboxylic acids is 1. The predicted octanol–water partition coefficient (Wildman–Crippen LogP) is 5.88. The lowest BCUT2D eigenvalue weighted by Gasteiger charge is -2.15. The van der Waals surface area contributed by atoms with E-state index < -0.39 is 11.7 Å². The number of aromatic nitrogens is 2. The normalized spacial score (nSPS) is 14.2. The van der Waals surface area contributed by atoms with Gasteiger partial charge in [0.2, 0.25) is 0 Å². The molecule has 31 heavy (non-hydrogen) atoms. The summed E-state index contributed by atoms with van der Waals surface area (Å²) in [5.74, 6) is -0.0649. The van der Waals surface area contributed by atoms with Crippen molar-refractivity contribution in [3.8, 4) is 0 Å². The van der Waals surface area contributed by atoms with E-state index in [1.165, 1.54) is 6.07 Å². The Morgan fingerprint density at radius 2 is 1.97 bits per heavy atom. The number of hydrogen-bond donors (Lipinski definition) is 1. The van der Waals surface area contributed by atoms with Crippen molar-refractivity contribution >= 4 is 22.4 Å². The molecule has 0 unspecified atom stereocenters. The number of hydrogen-bond acceptors (Lipinski definition) is 4. The summed E-state index contributed by atoms with van der Waals surface area (Å²) in [7, 11) is 0. The number of ketones is 1. The molecule has 0 saturated heterocycles. The lowest BCUT2D eigenvalue weighted by atomic mass is 9.96. The van der Waals surface area contributed by atoms with Crippen molar-refractivity contribution in [2.45, 2.75) is 57.5 Å². The summed E-state index contributed by atoms with van der Waals surface area (Å²) in [5, 5.41) is 0.502. The van der Waals surface area contributed by atoms with Gasteiger partial charge in [0, 0.05) is 17.5 Å². The Hall–Kier alpha value is -2.96. The number of alkyl halides is 3. The molecule has 3 aromatic rings. The van der Waals surface area contributed by atoms with Crippen LogP contribution in [0.5, 0.6) is 0 Å². The van der Waals surface area contributed by atoms with Gasteiger partial charge >= 0.3 is 6.18 Å². The molecule has 4 rings (SSSR count). The fourth-order valence-corrected chi connectivity index (χ4v) is 3.86. The zero-order valence-electron chi connectivity index (χ0n) is 17.3. The highest BCUT2D eigenvalue weighted by atomic mass is 19.4. The van der Waals surface area contributed by atoms with Crippen LogP contribution in [0, 0.1) is 0 Å². The number of Topliss-reactive ketones (excluding diaryl/α,β-unsaturated/α-hetero) is 1. The Bertz CT molecular complexity index is 1120. The highest BCUT2D eigenvalue weighted by Crippen LogP contribution is 2.44. The molecule has 1 saturated carbocycles. The molecule has 2 heterocycles. The number of fused-ring (bicyclic) bond motifs is 1. The molecule has 162 valence electrons. The van der Waals surface area contributed by atoms with Crippen LogP contribution in [0.1, 0.15) is 71.4 Å². The molecule has 4 nitrogen and oxygen atoms in total. The number of nitrogens with zero attached hydrogens (tertiary/aromatic N) is 2. The summed E-state index contributed by atoms with van der Waals surface area (Å²) in [6.07, 6.45) is 0.694. The van der Waals surface area contributed by atoms with E-state index in [1.54, 1.807) is 24.4 Å². The van der Waals surface area contributed by atoms with E-state index >= 15 is 0 Å². The minimum Gasteiger partial charge on any atom is -0.397 e. The summed E-state index contributed by atoms with van der Waals surface area (Å²) < 4.78 is 41.5. The van der Waals surface area contributed by atoms with Gasteiger partial charge in [0.1, 0.15) is 5.69 Å². The fourth-order valence-electron chi connectivity index (χ4n) is 3.86. The zero-order chi connectivity index (χ0) is 22.2. The first kappa shape index (κ1) is 21.3. The monoisotopic (exact) mass is 427 g/mol. The Morgan fingerprint density at radius 1 is 1.19 bits per heavy atom. The van der Waals surface area contributed by atoms with Crippen LogP contribution in [-0.4, -0.2) is 15.8 Å². The SMILES string of the molecule is CCc1cc(C(=O)CCCc2ccc(N)cn2)nc2c(C(F)(F)F)cc(C3CC3)cc12. The maximum absolute atomic E-state index is 13.8. The van der Waals surface area contributed by atoms with Crippen molar-refractivity contribution in [2.24, 2.45) is 0 Å². The molecule has 1 fully saturated rings. The maximum atomic E-state index is 13.8. The number of nitrogens with two attached hydrogens (primary N) is 1. The fraction of sp³-hybridized carbons (Fsp3) is 0.375. The van der Waals surface area contributed by atoms with Gasteiger partial charge in [0.05, 0.1) is 23.0 Å². The lowest BCUT2D eigenvalue weighted by Crippen LogP contribution is -2.11. The van der Waals surface area contributed by atoms with E-state index in [4.69, 9.17) is 5.73 Å². The number of benzene rings is 1. The second-order valence-electron chi connectivity index (χ2n) is 8.12. The van der Waals surface area contributed by atoms with Crippen molar-refractivity contribution < 1.29 is 18.0 Å². The number of carbonyl (C=O) groups is 1. The minimum atomic E-state index is -4.52. The molecule has 0 aliphatic heterocycles. The average Bonchev–Trinajstić information content (AvgIpc) is 3.58. The third kappa shape index (κ3) is 4.70. The van der Waals surface area contributed by atoms with Crippen molar-refractivity contribution in [2.75, 3.05) is 5.73 Å². The van der Waals surface area contributed by atoms with Crippen LogP contribution < -0.4 is 5.73 Å². The summed E-state index contributed by atoms with van der Waals surface area (Å²) >= 11 is 0. The molecule has 1 aliphatic rings. The molecule has 0 atom stereocenters. The van der Waals surface area contributed by atoms with E-state index in [-0.39, 0.29) is 29.3 Å². The van der Waals surface area contributed by atoms with Crippen molar-refractivity contribution in [1.29, 1.82) is 0 Å². The van der Waals surface area contributed by atoms with Crippen LogP contribution in [0.15, 0.2) is 36.5 Å². The first-order valence-corrected chi connectivity index (χ1v) is 10.5. The lowest BCUT2D eigenvalue weighted by molar-refractivity contribution is -0.136. The van der Waals surface area contributed by atoms with E-state index in [9.17, 15) is 18.0 Å². The van der Waals surface area contributed by atoms with Crippen LogP contribution in [0.25, 0.3) is 10.9 Å². The van der Waals surface area contributed by atoms with E-state index in [0.29, 0.717) is 35.9 Å². The van der Waals surface area contributed by atoms with Crippen molar-refractivity contribution in [1.82, 2.24) is 9.97 Å². The number of rotatable bonds is 7. The third-order valence-electron chi connectivity index (χ3n) is 5.73. The van der Waals surface area contributed by atoms with Gasteiger partial charge in [-0.3, -0.25) is 9.78 Å². The first-order valence-electron chi connectivity index (χ1n) is 10.5. The summed E-state index contributed by atoms with van der Waals surface area (Å²) in [4.78, 5) is 21.2. The topological polar surface area (TPSA) is 68.9 Å². The average molecular weight is 427 g/mol. The minimum absolute atomic E-state index is 0.0966. The molecule has 1 aliphatic carbocycles. The Morgan fingerprint density at radius 3 is 2.58 bits per heavy atom. The van der Waals surface area contributed by atoms with Gasteiger partial charge in [-0.1, -0.05) is 6.92 Å². The van der Waals surface area contributed by atoms with Gasteiger partial charge in [-0.05, 0) is 79.5 Å². The molecule has 7 heteroatoms. The van der Waals surface area contributed by atoms with Gasteiger partial charge < -0.3 is 5.73 Å². The number of nitrogen functional groups attached to an aromatic ring is 1. The Balaban J connectivity index is 1.64. The second-order valence-corrected chi connectivity index (χ2v) is 8.12. The zero-order valence-corrected chi connectivity index (χ0v) is 17.3. The van der Waals surface area contributed by atoms with Gasteiger partial charge in [0.15, 0.2) is 5.78 Å². The first-order chi connectivity index (χ1) is 14.8.